The average Bonchev–Trinajstić information content (AvgIpc) is 2.67. The number of hydrogen-bond acceptors (Lipinski definition) is 5. The number of rotatable bonds is 9. The lowest BCUT2D eigenvalue weighted by Gasteiger charge is -2.33. The van der Waals surface area contributed by atoms with E-state index in [1.807, 2.05) is 31.2 Å². The van der Waals surface area contributed by atoms with E-state index in [9.17, 15) is 9.59 Å². The van der Waals surface area contributed by atoms with E-state index in [4.69, 9.17) is 9.84 Å². The number of piperidine rings is 1. The molecule has 1 fully saturated rings. The van der Waals surface area contributed by atoms with E-state index in [1.165, 1.54) is 0 Å². The predicted octanol–water partition coefficient (Wildman–Crippen LogP) is 1.62. The van der Waals surface area contributed by atoms with Crippen molar-refractivity contribution < 1.29 is 19.4 Å². The van der Waals surface area contributed by atoms with E-state index in [2.05, 4.69) is 10.2 Å². The van der Waals surface area contributed by atoms with Crippen molar-refractivity contribution in [3.63, 3.8) is 0 Å². The van der Waals surface area contributed by atoms with Gasteiger partial charge in [-0.05, 0) is 37.1 Å². The van der Waals surface area contributed by atoms with Crippen molar-refractivity contribution in [2.24, 2.45) is 5.92 Å². The summed E-state index contributed by atoms with van der Waals surface area (Å²) in [6, 6.07) is 7.56. The van der Waals surface area contributed by atoms with Crippen LogP contribution in [0.25, 0.3) is 0 Å². The molecule has 0 radical (unpaired) electrons. The third-order valence-electron chi connectivity index (χ3n) is 4.56. The first-order chi connectivity index (χ1) is 12.2. The Morgan fingerprint density at radius 3 is 2.48 bits per heavy atom. The molecule has 1 amide bonds. The summed E-state index contributed by atoms with van der Waals surface area (Å²) in [5.74, 6) is 0.445. The molecule has 0 bridgehead atoms. The van der Waals surface area contributed by atoms with Crippen molar-refractivity contribution in [2.75, 3.05) is 44.4 Å². The van der Waals surface area contributed by atoms with Gasteiger partial charge in [-0.15, -0.1) is 0 Å². The normalized spacial score (nSPS) is 15.2. The second-order valence-electron chi connectivity index (χ2n) is 6.22. The molecule has 0 aliphatic carbocycles. The van der Waals surface area contributed by atoms with Crippen LogP contribution in [-0.2, 0) is 9.53 Å². The van der Waals surface area contributed by atoms with E-state index >= 15 is 0 Å². The van der Waals surface area contributed by atoms with Crippen LogP contribution < -0.4 is 10.2 Å². The first-order valence-electron chi connectivity index (χ1n) is 9.00. The highest BCUT2D eigenvalue weighted by Crippen LogP contribution is 2.24. The van der Waals surface area contributed by atoms with Crippen LogP contribution in [0, 0.1) is 5.92 Å². The fraction of sp³-hybridized carbons (Fsp3) is 0.579. The molecule has 6 nitrogen and oxygen atoms in total. The lowest BCUT2D eigenvalue weighted by Crippen LogP contribution is -2.36. The molecule has 138 valence electrons. The van der Waals surface area contributed by atoms with Gasteiger partial charge in [0.25, 0.3) is 5.91 Å². The molecule has 0 atom stereocenters. The number of amides is 1. The average molecular weight is 348 g/mol. The van der Waals surface area contributed by atoms with Gasteiger partial charge in [0.2, 0.25) is 0 Å². The van der Waals surface area contributed by atoms with Crippen LogP contribution >= 0.6 is 0 Å². The van der Waals surface area contributed by atoms with Gasteiger partial charge in [-0.25, -0.2) is 0 Å². The molecule has 0 aromatic heterocycles. The molecule has 1 heterocycles. The van der Waals surface area contributed by atoms with Crippen molar-refractivity contribution in [2.45, 2.75) is 26.2 Å². The highest BCUT2D eigenvalue weighted by molar-refractivity contribution is 5.94. The molecule has 0 saturated carbocycles. The minimum Gasteiger partial charge on any atom is -0.394 e. The van der Waals surface area contributed by atoms with E-state index in [-0.39, 0.29) is 25.0 Å². The molecule has 1 aliphatic rings. The van der Waals surface area contributed by atoms with Gasteiger partial charge in [-0.1, -0.05) is 6.92 Å². The predicted molar refractivity (Wildman–Crippen MR) is 96.9 cm³/mol. The van der Waals surface area contributed by atoms with Gasteiger partial charge in [-0.2, -0.15) is 0 Å². The van der Waals surface area contributed by atoms with E-state index in [1.54, 1.807) is 0 Å². The van der Waals surface area contributed by atoms with E-state index < -0.39 is 0 Å². The number of ketones is 1. The number of carbonyl (C=O) groups excluding carboxylic acids is 2. The third kappa shape index (κ3) is 5.83. The van der Waals surface area contributed by atoms with Gasteiger partial charge < -0.3 is 20.1 Å². The number of anilines is 1. The van der Waals surface area contributed by atoms with Gasteiger partial charge in [0.05, 0.1) is 19.8 Å². The number of nitrogens with zero attached hydrogens (tertiary/aromatic N) is 1. The first-order valence-corrected chi connectivity index (χ1v) is 9.00. The summed E-state index contributed by atoms with van der Waals surface area (Å²) in [4.78, 5) is 26.1. The van der Waals surface area contributed by atoms with Gasteiger partial charge in [0, 0.05) is 43.2 Å². The third-order valence-corrected chi connectivity index (χ3v) is 4.56. The first kappa shape index (κ1) is 19.4. The van der Waals surface area contributed by atoms with Crippen molar-refractivity contribution in [1.82, 2.24) is 5.32 Å². The van der Waals surface area contributed by atoms with Crippen molar-refractivity contribution in [3.8, 4) is 0 Å². The van der Waals surface area contributed by atoms with E-state index in [0.717, 1.165) is 31.6 Å². The fourth-order valence-electron chi connectivity index (χ4n) is 3.08. The molecule has 1 saturated heterocycles. The second-order valence-corrected chi connectivity index (χ2v) is 6.22. The summed E-state index contributed by atoms with van der Waals surface area (Å²) >= 11 is 0. The molecule has 0 unspecified atom stereocenters. The molecule has 1 aromatic rings. The van der Waals surface area contributed by atoms with Crippen LogP contribution in [0.2, 0.25) is 0 Å². The van der Waals surface area contributed by atoms with Gasteiger partial charge in [-0.3, -0.25) is 9.59 Å². The quantitative estimate of drug-likeness (QED) is 0.663. The summed E-state index contributed by atoms with van der Waals surface area (Å²) in [6.07, 6.45) is 2.44. The van der Waals surface area contributed by atoms with Crippen molar-refractivity contribution >= 4 is 17.4 Å². The topological polar surface area (TPSA) is 78.9 Å². The number of Topliss-reactive ketones (excluding diaryl/α,β-unsaturated/α-hetero) is 1. The lowest BCUT2D eigenvalue weighted by atomic mass is 9.91. The minimum absolute atomic E-state index is 0.0146. The molecular formula is C19H28N2O4. The van der Waals surface area contributed by atoms with Crippen LogP contribution in [-0.4, -0.2) is 56.3 Å². The second kappa shape index (κ2) is 10.2. The molecule has 2 N–H and O–H groups in total. The summed E-state index contributed by atoms with van der Waals surface area (Å²) in [7, 11) is 0. The number of nitrogens with one attached hydrogen (secondary N) is 1. The molecule has 6 heteroatoms. The highest BCUT2D eigenvalue weighted by atomic mass is 16.5. The number of ether oxygens (including phenoxy) is 1. The zero-order valence-electron chi connectivity index (χ0n) is 14.9. The standard InChI is InChI=1S/C19H28N2O4/c1-2-18(23)15-7-10-21(11-8-15)17-5-3-16(4-6-17)19(24)20-9-13-25-14-12-22/h3-6,15,22H,2,7-14H2,1H3,(H,20,24). The Labute approximate surface area is 149 Å². The smallest absolute Gasteiger partial charge is 0.251 e. The number of aliphatic hydroxyl groups excluding tert-OH is 1. The largest absolute Gasteiger partial charge is 0.394 e. The zero-order chi connectivity index (χ0) is 18.1. The van der Waals surface area contributed by atoms with Crippen LogP contribution in [0.1, 0.15) is 36.5 Å². The Morgan fingerprint density at radius 2 is 1.88 bits per heavy atom. The summed E-state index contributed by atoms with van der Waals surface area (Å²) in [5, 5.41) is 11.4. The molecule has 2 rings (SSSR count). The van der Waals surface area contributed by atoms with E-state index in [0.29, 0.717) is 30.9 Å². The maximum atomic E-state index is 12.0. The molecular weight excluding hydrogens is 320 g/mol. The summed E-state index contributed by atoms with van der Waals surface area (Å²) < 4.78 is 5.11. The van der Waals surface area contributed by atoms with Gasteiger partial charge >= 0.3 is 0 Å². The highest BCUT2D eigenvalue weighted by Gasteiger charge is 2.23. The maximum Gasteiger partial charge on any atom is 0.251 e. The Bertz CT molecular complexity index is 551. The fourth-order valence-corrected chi connectivity index (χ4v) is 3.08. The molecule has 25 heavy (non-hydrogen) atoms. The SMILES string of the molecule is CCC(=O)C1CCN(c2ccc(C(=O)NCCOCCO)cc2)CC1. The van der Waals surface area contributed by atoms with Crippen LogP contribution in [0.3, 0.4) is 0 Å². The van der Waals surface area contributed by atoms with Gasteiger partial charge in [0.1, 0.15) is 5.78 Å². The monoisotopic (exact) mass is 348 g/mol. The number of aliphatic hydroxyl groups is 1. The Kier molecular flexibility index (Phi) is 7.88. The lowest BCUT2D eigenvalue weighted by molar-refractivity contribution is -0.123. The summed E-state index contributed by atoms with van der Waals surface area (Å²) in [6.45, 7) is 4.76. The maximum absolute atomic E-state index is 12.0. The Morgan fingerprint density at radius 1 is 1.20 bits per heavy atom. The molecule has 1 aromatic carbocycles. The number of hydrogen-bond donors (Lipinski definition) is 2. The zero-order valence-corrected chi connectivity index (χ0v) is 14.9. The van der Waals surface area contributed by atoms with Crippen LogP contribution in [0.5, 0.6) is 0 Å². The minimum atomic E-state index is -0.133. The number of benzene rings is 1. The van der Waals surface area contributed by atoms with Crippen molar-refractivity contribution in [1.29, 1.82) is 0 Å². The number of carbonyl (C=O) groups is 2. The van der Waals surface area contributed by atoms with Crippen molar-refractivity contribution in [3.05, 3.63) is 29.8 Å². The Hall–Kier alpha value is -1.92. The summed E-state index contributed by atoms with van der Waals surface area (Å²) in [5.41, 5.74) is 1.70. The van der Waals surface area contributed by atoms with Gasteiger partial charge in [0.15, 0.2) is 0 Å². The van der Waals surface area contributed by atoms with Crippen LogP contribution in [0.15, 0.2) is 24.3 Å². The molecule has 0 spiro atoms. The molecule has 1 aliphatic heterocycles. The Balaban J connectivity index is 1.80. The van der Waals surface area contributed by atoms with Crippen LogP contribution in [0.4, 0.5) is 5.69 Å².